The molecule has 0 saturated heterocycles. The first kappa shape index (κ1) is 9.85. The summed E-state index contributed by atoms with van der Waals surface area (Å²) in [6.45, 7) is 1.28. The Hall–Kier alpha value is -1.23. The van der Waals surface area contributed by atoms with Crippen LogP contribution in [0.1, 0.15) is 17.3 Å². The quantitative estimate of drug-likeness (QED) is 0.752. The Bertz CT molecular complexity index is 352. The first-order valence-corrected chi connectivity index (χ1v) is 4.33. The van der Waals surface area contributed by atoms with Crippen molar-refractivity contribution in [2.45, 2.75) is 6.92 Å². The second-order valence-electron chi connectivity index (χ2n) is 2.35. The van der Waals surface area contributed by atoms with Crippen molar-refractivity contribution < 1.29 is 9.59 Å². The van der Waals surface area contributed by atoms with E-state index in [0.29, 0.717) is 10.2 Å². The third kappa shape index (κ3) is 2.62. The largest absolute Gasteiger partial charge is 0.292 e. The fourth-order valence-electron chi connectivity index (χ4n) is 0.783. The van der Waals surface area contributed by atoms with Crippen LogP contribution in [0.2, 0.25) is 0 Å². The lowest BCUT2D eigenvalue weighted by molar-refractivity contribution is -0.118. The second kappa shape index (κ2) is 4.13. The van der Waals surface area contributed by atoms with Crippen molar-refractivity contribution in [1.29, 1.82) is 0 Å². The molecule has 0 radical (unpaired) electrons. The first-order valence-electron chi connectivity index (χ1n) is 3.53. The number of amides is 2. The van der Waals surface area contributed by atoms with Crippen molar-refractivity contribution in [3.63, 3.8) is 0 Å². The molecule has 0 aliphatic carbocycles. The number of carbonyl (C=O) groups is 2. The van der Waals surface area contributed by atoms with E-state index < -0.39 is 5.91 Å². The Labute approximate surface area is 83.5 Å². The van der Waals surface area contributed by atoms with Gasteiger partial charge in [-0.1, -0.05) is 0 Å². The van der Waals surface area contributed by atoms with Gasteiger partial charge in [0.15, 0.2) is 0 Å². The summed E-state index contributed by atoms with van der Waals surface area (Å²) < 4.78 is 0.425. The molecule has 1 rings (SSSR count). The van der Waals surface area contributed by atoms with Gasteiger partial charge in [-0.3, -0.25) is 14.9 Å². The Morgan fingerprint density at radius 3 is 2.77 bits per heavy atom. The average Bonchev–Trinajstić information content (AvgIpc) is 2.03. The lowest BCUT2D eigenvalue weighted by Crippen LogP contribution is -2.28. The molecule has 0 saturated carbocycles. The third-order valence-corrected chi connectivity index (χ3v) is 1.93. The Morgan fingerprint density at radius 1 is 1.54 bits per heavy atom. The van der Waals surface area contributed by atoms with Gasteiger partial charge in [-0.25, -0.2) is 4.98 Å². The van der Waals surface area contributed by atoms with Crippen molar-refractivity contribution in [1.82, 2.24) is 10.3 Å². The minimum absolute atomic E-state index is 0.345. The highest BCUT2D eigenvalue weighted by atomic mass is 79.9. The molecular formula is C8H7BrN2O2. The first-order chi connectivity index (χ1) is 6.11. The summed E-state index contributed by atoms with van der Waals surface area (Å²) in [5, 5.41) is 2.15. The van der Waals surface area contributed by atoms with Gasteiger partial charge in [-0.2, -0.15) is 0 Å². The van der Waals surface area contributed by atoms with Crippen LogP contribution in [-0.2, 0) is 4.79 Å². The molecule has 1 heterocycles. The number of nitrogens with one attached hydrogen (secondary N) is 1. The topological polar surface area (TPSA) is 59.1 Å². The van der Waals surface area contributed by atoms with E-state index in [1.54, 1.807) is 18.3 Å². The Balaban J connectivity index is 2.89. The number of imide groups is 1. The maximum absolute atomic E-state index is 11.3. The SMILES string of the molecule is CC(=O)NC(=O)c1cccnc1Br. The zero-order chi connectivity index (χ0) is 9.84. The summed E-state index contributed by atoms with van der Waals surface area (Å²) in [4.78, 5) is 25.7. The molecule has 0 spiro atoms. The molecule has 0 bridgehead atoms. The molecule has 13 heavy (non-hydrogen) atoms. The number of aromatic nitrogens is 1. The van der Waals surface area contributed by atoms with Gasteiger partial charge in [0, 0.05) is 13.1 Å². The van der Waals surface area contributed by atoms with Crippen LogP contribution >= 0.6 is 15.9 Å². The molecule has 1 N–H and O–H groups in total. The molecule has 4 nitrogen and oxygen atoms in total. The van der Waals surface area contributed by atoms with Crippen molar-refractivity contribution in [3.8, 4) is 0 Å². The third-order valence-electron chi connectivity index (χ3n) is 1.29. The van der Waals surface area contributed by atoms with Gasteiger partial charge in [0.2, 0.25) is 5.91 Å². The van der Waals surface area contributed by atoms with Gasteiger partial charge in [0.25, 0.3) is 5.91 Å². The molecule has 2 amide bonds. The maximum Gasteiger partial charge on any atom is 0.260 e. The molecule has 0 aliphatic rings. The predicted molar refractivity (Wildman–Crippen MR) is 50.1 cm³/mol. The summed E-state index contributed by atoms with van der Waals surface area (Å²) in [6.07, 6.45) is 1.55. The summed E-state index contributed by atoms with van der Waals surface area (Å²) in [5.41, 5.74) is 0.345. The molecule has 5 heteroatoms. The summed E-state index contributed by atoms with van der Waals surface area (Å²) >= 11 is 3.10. The van der Waals surface area contributed by atoms with Crippen molar-refractivity contribution in [2.24, 2.45) is 0 Å². The predicted octanol–water partition coefficient (Wildman–Crippen LogP) is 1.12. The highest BCUT2D eigenvalue weighted by Gasteiger charge is 2.10. The van der Waals surface area contributed by atoms with E-state index in [4.69, 9.17) is 0 Å². The summed E-state index contributed by atoms with van der Waals surface area (Å²) in [7, 11) is 0. The van der Waals surface area contributed by atoms with Gasteiger partial charge in [0.05, 0.1) is 5.56 Å². The van der Waals surface area contributed by atoms with Crippen LogP contribution in [0.25, 0.3) is 0 Å². The van der Waals surface area contributed by atoms with Gasteiger partial charge in [-0.15, -0.1) is 0 Å². The highest BCUT2D eigenvalue weighted by Crippen LogP contribution is 2.11. The standard InChI is InChI=1S/C8H7BrN2O2/c1-5(12)11-8(13)6-3-2-4-10-7(6)9/h2-4H,1H3,(H,11,12,13). The molecular weight excluding hydrogens is 236 g/mol. The number of hydrogen-bond donors (Lipinski definition) is 1. The fourth-order valence-corrected chi connectivity index (χ4v) is 1.21. The van der Waals surface area contributed by atoms with Crippen LogP contribution < -0.4 is 5.32 Å². The number of pyridine rings is 1. The molecule has 0 aliphatic heterocycles. The minimum atomic E-state index is -0.451. The highest BCUT2D eigenvalue weighted by molar-refractivity contribution is 9.10. The zero-order valence-corrected chi connectivity index (χ0v) is 8.46. The van der Waals surface area contributed by atoms with E-state index in [1.165, 1.54) is 6.92 Å². The monoisotopic (exact) mass is 242 g/mol. The number of rotatable bonds is 1. The van der Waals surface area contributed by atoms with Crippen molar-refractivity contribution >= 4 is 27.7 Å². The van der Waals surface area contributed by atoms with Gasteiger partial charge < -0.3 is 0 Å². The number of halogens is 1. The fraction of sp³-hybridized carbons (Fsp3) is 0.125. The second-order valence-corrected chi connectivity index (χ2v) is 3.10. The van der Waals surface area contributed by atoms with Crippen LogP contribution in [0, 0.1) is 0 Å². The smallest absolute Gasteiger partial charge is 0.260 e. The number of nitrogens with zero attached hydrogens (tertiary/aromatic N) is 1. The summed E-state index contributed by atoms with van der Waals surface area (Å²) in [5.74, 6) is -0.840. The van der Waals surface area contributed by atoms with E-state index in [0.717, 1.165) is 0 Å². The van der Waals surface area contributed by atoms with Crippen LogP contribution in [-0.4, -0.2) is 16.8 Å². The maximum atomic E-state index is 11.3. The van der Waals surface area contributed by atoms with Crippen LogP contribution in [0.3, 0.4) is 0 Å². The Kier molecular flexibility index (Phi) is 3.13. The molecule has 0 unspecified atom stereocenters. The van der Waals surface area contributed by atoms with Crippen LogP contribution in [0.4, 0.5) is 0 Å². The van der Waals surface area contributed by atoms with Crippen LogP contribution in [0.5, 0.6) is 0 Å². The zero-order valence-electron chi connectivity index (χ0n) is 6.87. The average molecular weight is 243 g/mol. The van der Waals surface area contributed by atoms with E-state index in [-0.39, 0.29) is 5.91 Å². The Morgan fingerprint density at radius 2 is 2.23 bits per heavy atom. The summed E-state index contributed by atoms with van der Waals surface area (Å²) in [6, 6.07) is 3.20. The van der Waals surface area contributed by atoms with E-state index in [1.807, 2.05) is 0 Å². The molecule has 1 aromatic rings. The van der Waals surface area contributed by atoms with Gasteiger partial charge in [0.1, 0.15) is 4.60 Å². The normalized spacial score (nSPS) is 9.38. The lowest BCUT2D eigenvalue weighted by atomic mass is 10.3. The molecule has 0 fully saturated rings. The molecule has 0 aromatic carbocycles. The number of carbonyl (C=O) groups excluding carboxylic acids is 2. The van der Waals surface area contributed by atoms with Crippen LogP contribution in [0.15, 0.2) is 22.9 Å². The van der Waals surface area contributed by atoms with Crippen molar-refractivity contribution in [2.75, 3.05) is 0 Å². The molecule has 0 atom stereocenters. The van der Waals surface area contributed by atoms with E-state index in [2.05, 4.69) is 26.2 Å². The minimum Gasteiger partial charge on any atom is -0.292 e. The van der Waals surface area contributed by atoms with E-state index in [9.17, 15) is 9.59 Å². The molecule has 68 valence electrons. The van der Waals surface area contributed by atoms with Crippen molar-refractivity contribution in [3.05, 3.63) is 28.5 Å². The van der Waals surface area contributed by atoms with Gasteiger partial charge in [-0.05, 0) is 28.1 Å². The number of hydrogen-bond acceptors (Lipinski definition) is 3. The van der Waals surface area contributed by atoms with Gasteiger partial charge >= 0.3 is 0 Å². The van der Waals surface area contributed by atoms with E-state index >= 15 is 0 Å². The lowest BCUT2D eigenvalue weighted by Gasteiger charge is -2.01. The molecule has 1 aromatic heterocycles.